The van der Waals surface area contributed by atoms with Gasteiger partial charge in [0.25, 0.3) is 0 Å². The molecule has 0 fully saturated rings. The van der Waals surface area contributed by atoms with Gasteiger partial charge in [0.1, 0.15) is 6.04 Å². The summed E-state index contributed by atoms with van der Waals surface area (Å²) in [5, 5.41) is 4.07. The second-order valence-electron chi connectivity index (χ2n) is 10.5. The molecule has 3 aromatic carbocycles. The van der Waals surface area contributed by atoms with E-state index in [0.29, 0.717) is 23.0 Å². The molecule has 11 heteroatoms. The van der Waals surface area contributed by atoms with Crippen LogP contribution in [0.1, 0.15) is 37.8 Å². The van der Waals surface area contributed by atoms with Crippen LogP contribution in [0.2, 0.25) is 15.1 Å². The summed E-state index contributed by atoms with van der Waals surface area (Å²) in [7, 11) is -3.73. The van der Waals surface area contributed by atoms with E-state index in [-0.39, 0.29) is 54.4 Å². The number of halogens is 3. The highest BCUT2D eigenvalue weighted by Gasteiger charge is 2.31. The Bertz CT molecular complexity index is 1470. The number of benzene rings is 3. The Kier molecular flexibility index (Phi) is 12.5. The number of sulfonamides is 1. The third-order valence-electron chi connectivity index (χ3n) is 6.53. The minimum Gasteiger partial charge on any atom is -0.354 e. The van der Waals surface area contributed by atoms with Crippen LogP contribution in [0.25, 0.3) is 0 Å². The maximum atomic E-state index is 13.9. The van der Waals surface area contributed by atoms with Gasteiger partial charge >= 0.3 is 0 Å². The topological polar surface area (TPSA) is 86.8 Å². The predicted octanol–water partition coefficient (Wildman–Crippen LogP) is 6.61. The van der Waals surface area contributed by atoms with Gasteiger partial charge < -0.3 is 10.2 Å². The van der Waals surface area contributed by atoms with Gasteiger partial charge in [0.15, 0.2) is 0 Å². The predicted molar refractivity (Wildman–Crippen MR) is 172 cm³/mol. The maximum absolute atomic E-state index is 13.9. The lowest BCUT2D eigenvalue weighted by Gasteiger charge is -2.32. The number of rotatable bonds is 14. The molecule has 0 aliphatic carbocycles. The zero-order valence-corrected chi connectivity index (χ0v) is 27.0. The molecule has 3 aromatic rings. The number of nitrogens with zero attached hydrogens (tertiary/aromatic N) is 2. The first-order chi connectivity index (χ1) is 19.8. The van der Waals surface area contributed by atoms with Crippen LogP contribution in [0.4, 0.5) is 5.69 Å². The number of carbonyl (C=O) groups is 2. The molecule has 3 rings (SSSR count). The second kappa shape index (κ2) is 15.6. The van der Waals surface area contributed by atoms with Crippen LogP contribution in [0.15, 0.2) is 72.8 Å². The fourth-order valence-corrected chi connectivity index (χ4v) is 6.09. The van der Waals surface area contributed by atoms with E-state index in [4.69, 9.17) is 34.8 Å². The fourth-order valence-electron chi connectivity index (χ4n) is 4.47. The van der Waals surface area contributed by atoms with Crippen LogP contribution >= 0.6 is 34.8 Å². The Labute approximate surface area is 263 Å². The van der Waals surface area contributed by atoms with Crippen molar-refractivity contribution in [1.29, 1.82) is 0 Å². The van der Waals surface area contributed by atoms with Crippen molar-refractivity contribution in [3.63, 3.8) is 0 Å². The van der Waals surface area contributed by atoms with Gasteiger partial charge in [0.05, 0.1) is 17.0 Å². The first-order valence-corrected chi connectivity index (χ1v) is 16.6. The number of carbonyl (C=O) groups excluding carboxylic acids is 2. The first kappa shape index (κ1) is 33.7. The number of anilines is 1. The summed E-state index contributed by atoms with van der Waals surface area (Å²) in [6.07, 6.45) is 1.57. The molecule has 226 valence electrons. The van der Waals surface area contributed by atoms with Crippen LogP contribution in [-0.2, 0) is 32.6 Å². The highest BCUT2D eigenvalue weighted by atomic mass is 35.5. The van der Waals surface area contributed by atoms with Crippen molar-refractivity contribution < 1.29 is 18.0 Å². The third kappa shape index (κ3) is 10.2. The van der Waals surface area contributed by atoms with Crippen LogP contribution in [0, 0.1) is 5.92 Å². The van der Waals surface area contributed by atoms with Crippen molar-refractivity contribution in [2.75, 3.05) is 23.7 Å². The molecule has 0 unspecified atom stereocenters. The number of hydrogen-bond donors (Lipinski definition) is 1. The monoisotopic (exact) mass is 651 g/mol. The number of nitrogens with one attached hydrogen (secondary N) is 1. The Morgan fingerprint density at radius 2 is 1.55 bits per heavy atom. The molecule has 2 amide bonds. The summed E-state index contributed by atoms with van der Waals surface area (Å²) < 4.78 is 26.5. The van der Waals surface area contributed by atoms with Gasteiger partial charge in [-0.3, -0.25) is 13.9 Å². The zero-order valence-electron chi connectivity index (χ0n) is 23.9. The molecule has 0 bridgehead atoms. The van der Waals surface area contributed by atoms with E-state index in [1.807, 2.05) is 50.2 Å². The van der Waals surface area contributed by atoms with E-state index >= 15 is 0 Å². The fraction of sp³-hybridized carbons (Fsp3) is 0.355. The van der Waals surface area contributed by atoms with Gasteiger partial charge in [-0.05, 0) is 53.8 Å². The molecular weight excluding hydrogens is 617 g/mol. The summed E-state index contributed by atoms with van der Waals surface area (Å²) in [4.78, 5) is 29.0. The standard InChI is InChI=1S/C31H36Cl3N3O4S/c1-22(2)20-35-31(39)29(18-23-9-5-4-6-10-23)36(21-24-11-7-12-25(32)17-24)30(38)13-8-16-37(42(3,40)41)28-19-26(33)14-15-27(28)34/h4-7,9-12,14-15,17,19,22,29H,8,13,16,18,20-21H2,1-3H3,(H,35,39)/t29-/m1/s1. The van der Waals surface area contributed by atoms with E-state index in [9.17, 15) is 18.0 Å². The molecule has 0 radical (unpaired) electrons. The van der Waals surface area contributed by atoms with Crippen LogP contribution in [0.5, 0.6) is 0 Å². The lowest BCUT2D eigenvalue weighted by Crippen LogP contribution is -2.51. The lowest BCUT2D eigenvalue weighted by molar-refractivity contribution is -0.141. The molecule has 1 N–H and O–H groups in total. The van der Waals surface area contributed by atoms with Gasteiger partial charge in [-0.2, -0.15) is 0 Å². The zero-order chi connectivity index (χ0) is 30.9. The van der Waals surface area contributed by atoms with Gasteiger partial charge in [0, 0.05) is 42.5 Å². The Morgan fingerprint density at radius 1 is 0.881 bits per heavy atom. The van der Waals surface area contributed by atoms with E-state index in [2.05, 4.69) is 5.32 Å². The SMILES string of the molecule is CC(C)CNC(=O)[C@@H](Cc1ccccc1)N(Cc1cccc(Cl)c1)C(=O)CCCN(c1cc(Cl)ccc1Cl)S(C)(=O)=O. The average Bonchev–Trinajstić information content (AvgIpc) is 2.93. The highest BCUT2D eigenvalue weighted by molar-refractivity contribution is 7.92. The van der Waals surface area contributed by atoms with Crippen molar-refractivity contribution in [2.45, 2.75) is 45.7 Å². The minimum atomic E-state index is -3.73. The van der Waals surface area contributed by atoms with E-state index in [1.54, 1.807) is 29.2 Å². The van der Waals surface area contributed by atoms with Gasteiger partial charge in [0.2, 0.25) is 21.8 Å². The molecule has 0 spiro atoms. The molecule has 0 aliphatic heterocycles. The van der Waals surface area contributed by atoms with Crippen LogP contribution in [-0.4, -0.2) is 50.5 Å². The molecule has 42 heavy (non-hydrogen) atoms. The molecule has 0 saturated carbocycles. The lowest BCUT2D eigenvalue weighted by atomic mass is 10.0. The summed E-state index contributed by atoms with van der Waals surface area (Å²) in [6.45, 7) is 4.62. The Hall–Kier alpha value is -2.78. The largest absolute Gasteiger partial charge is 0.354 e. The van der Waals surface area contributed by atoms with Gasteiger partial charge in [-0.25, -0.2) is 8.42 Å². The average molecular weight is 653 g/mol. The molecule has 7 nitrogen and oxygen atoms in total. The van der Waals surface area contributed by atoms with Crippen molar-refractivity contribution in [1.82, 2.24) is 10.2 Å². The van der Waals surface area contributed by atoms with E-state index in [1.165, 1.54) is 12.1 Å². The summed E-state index contributed by atoms with van der Waals surface area (Å²) in [5.41, 5.74) is 1.92. The van der Waals surface area contributed by atoms with Crippen LogP contribution < -0.4 is 9.62 Å². The summed E-state index contributed by atoms with van der Waals surface area (Å²) >= 11 is 18.7. The van der Waals surface area contributed by atoms with E-state index in [0.717, 1.165) is 21.7 Å². The normalized spacial score (nSPS) is 12.2. The summed E-state index contributed by atoms with van der Waals surface area (Å²) in [5.74, 6) is -0.323. The molecule has 0 heterocycles. The molecule has 0 aromatic heterocycles. The van der Waals surface area contributed by atoms with Crippen molar-refractivity contribution in [2.24, 2.45) is 5.92 Å². The first-order valence-electron chi connectivity index (χ1n) is 13.6. The Balaban J connectivity index is 1.90. The molecule has 0 aliphatic rings. The number of hydrogen-bond acceptors (Lipinski definition) is 4. The van der Waals surface area contributed by atoms with E-state index < -0.39 is 16.1 Å². The van der Waals surface area contributed by atoms with Gasteiger partial charge in [-0.15, -0.1) is 0 Å². The molecular formula is C31H36Cl3N3O4S. The molecule has 0 saturated heterocycles. The summed E-state index contributed by atoms with van der Waals surface area (Å²) in [6, 6.07) is 20.5. The van der Waals surface area contributed by atoms with Crippen molar-refractivity contribution in [3.05, 3.63) is 99.0 Å². The maximum Gasteiger partial charge on any atom is 0.243 e. The van der Waals surface area contributed by atoms with Crippen LogP contribution in [0.3, 0.4) is 0 Å². The van der Waals surface area contributed by atoms with Gasteiger partial charge in [-0.1, -0.05) is 91.1 Å². The Morgan fingerprint density at radius 3 is 2.19 bits per heavy atom. The third-order valence-corrected chi connectivity index (χ3v) is 8.50. The highest BCUT2D eigenvalue weighted by Crippen LogP contribution is 2.31. The van der Waals surface area contributed by atoms with Crippen molar-refractivity contribution in [3.8, 4) is 0 Å². The number of amides is 2. The minimum absolute atomic E-state index is 0.00145. The molecule has 1 atom stereocenters. The van der Waals surface area contributed by atoms with Crippen molar-refractivity contribution >= 4 is 62.3 Å². The quantitative estimate of drug-likeness (QED) is 0.213. The second-order valence-corrected chi connectivity index (χ2v) is 13.7. The smallest absolute Gasteiger partial charge is 0.243 e.